The molecule has 0 aromatic carbocycles. The number of carbonyl (C=O) groups excluding carboxylic acids is 3. The molecule has 0 aromatic rings. The third-order valence-electron chi connectivity index (χ3n) is 11.1. The highest BCUT2D eigenvalue weighted by Gasteiger charge is 2.81. The van der Waals surface area contributed by atoms with Gasteiger partial charge < -0.3 is 38.3 Å². The van der Waals surface area contributed by atoms with Crippen LogP contribution in [0, 0.1) is 34.5 Å². The van der Waals surface area contributed by atoms with Crippen molar-refractivity contribution in [2.75, 3.05) is 20.3 Å². The number of carbonyl (C=O) groups is 3. The van der Waals surface area contributed by atoms with Crippen LogP contribution in [0.3, 0.4) is 0 Å². The van der Waals surface area contributed by atoms with Gasteiger partial charge in [0.05, 0.1) is 30.1 Å². The Balaban J connectivity index is 1.59. The first-order chi connectivity index (χ1) is 19.3. The van der Waals surface area contributed by atoms with E-state index >= 15 is 0 Å². The van der Waals surface area contributed by atoms with Crippen molar-refractivity contribution in [3.8, 4) is 0 Å². The molecule has 3 heterocycles. The van der Waals surface area contributed by atoms with Crippen molar-refractivity contribution in [2.45, 2.75) is 116 Å². The van der Waals surface area contributed by atoms with Crippen molar-refractivity contribution in [2.24, 2.45) is 34.5 Å². The molecule has 0 unspecified atom stereocenters. The van der Waals surface area contributed by atoms with Crippen molar-refractivity contribution in [3.63, 3.8) is 0 Å². The lowest BCUT2D eigenvalue weighted by molar-refractivity contribution is -0.289. The minimum absolute atomic E-state index is 0.00781. The number of esters is 3. The van der Waals surface area contributed by atoms with E-state index in [0.717, 1.165) is 12.8 Å². The third-order valence-corrected chi connectivity index (χ3v) is 11.1. The van der Waals surface area contributed by atoms with Gasteiger partial charge in [-0.05, 0) is 37.5 Å². The fraction of sp³-hybridized carbons (Fsp3) is 0.900. The van der Waals surface area contributed by atoms with Crippen molar-refractivity contribution in [1.29, 1.82) is 0 Å². The predicted molar refractivity (Wildman–Crippen MR) is 142 cm³/mol. The average molecular weight is 583 g/mol. The number of methoxy groups -OCH3 is 1. The van der Waals surface area contributed by atoms with Gasteiger partial charge in [-0.15, -0.1) is 0 Å². The van der Waals surface area contributed by atoms with E-state index in [4.69, 9.17) is 33.2 Å². The van der Waals surface area contributed by atoms with Crippen LogP contribution < -0.4 is 0 Å². The number of aliphatic hydroxyl groups excluding tert-OH is 1. The molecule has 5 rings (SSSR count). The van der Waals surface area contributed by atoms with Gasteiger partial charge in [0.1, 0.15) is 18.3 Å². The van der Waals surface area contributed by atoms with Crippen LogP contribution in [0.2, 0.25) is 0 Å². The van der Waals surface area contributed by atoms with Gasteiger partial charge in [0.25, 0.3) is 0 Å². The van der Waals surface area contributed by atoms with Gasteiger partial charge >= 0.3 is 17.9 Å². The van der Waals surface area contributed by atoms with E-state index in [0.29, 0.717) is 12.8 Å². The Morgan fingerprint density at radius 1 is 1.05 bits per heavy atom. The predicted octanol–water partition coefficient (Wildman–Crippen LogP) is 2.75. The number of epoxide rings is 1. The molecular weight excluding hydrogens is 536 g/mol. The van der Waals surface area contributed by atoms with Crippen LogP contribution >= 0.6 is 0 Å². The van der Waals surface area contributed by atoms with Gasteiger partial charge in [0.15, 0.2) is 18.7 Å². The van der Waals surface area contributed by atoms with Gasteiger partial charge in [-0.2, -0.15) is 0 Å². The molecule has 0 aromatic heterocycles. The SMILES string of the molecule is CC[C@@H](C)C(=O)O[C@H]1[C@H](O)C[C@@H]2[C@@](C)([C@@H]3C[C@H]4C[C@@H](OC)O[C@H]4O3)[C@H](C)C[C@H](OC(C)=O)[C@@]2(COC(C)=O)[C@@]12CO2. The molecule has 3 aliphatic heterocycles. The normalized spacial score (nSPS) is 47.3. The summed E-state index contributed by atoms with van der Waals surface area (Å²) in [5.74, 6) is -1.98. The molecule has 0 radical (unpaired) electrons. The number of rotatable bonds is 8. The van der Waals surface area contributed by atoms with E-state index in [-0.39, 0.29) is 55.7 Å². The Hall–Kier alpha value is -1.79. The largest absolute Gasteiger partial charge is 0.465 e. The summed E-state index contributed by atoms with van der Waals surface area (Å²) < 4.78 is 42.1. The summed E-state index contributed by atoms with van der Waals surface area (Å²) in [5, 5.41) is 11.7. The van der Waals surface area contributed by atoms with E-state index in [2.05, 4.69) is 13.8 Å². The van der Waals surface area contributed by atoms with Crippen molar-refractivity contribution >= 4 is 17.9 Å². The first kappa shape index (κ1) is 30.7. The van der Waals surface area contributed by atoms with E-state index in [1.807, 2.05) is 6.92 Å². The van der Waals surface area contributed by atoms with Crippen molar-refractivity contribution in [1.82, 2.24) is 0 Å². The van der Waals surface area contributed by atoms with Gasteiger partial charge in [-0.1, -0.05) is 27.7 Å². The summed E-state index contributed by atoms with van der Waals surface area (Å²) in [5.41, 5.74) is -2.86. The van der Waals surface area contributed by atoms with E-state index in [9.17, 15) is 19.5 Å². The number of aliphatic hydroxyl groups is 1. The van der Waals surface area contributed by atoms with Gasteiger partial charge in [0, 0.05) is 38.7 Å². The second-order valence-electron chi connectivity index (χ2n) is 13.1. The summed E-state index contributed by atoms with van der Waals surface area (Å²) in [6.45, 7) is 10.7. The maximum absolute atomic E-state index is 13.0. The molecule has 1 spiro atoms. The van der Waals surface area contributed by atoms with Gasteiger partial charge in [-0.3, -0.25) is 14.4 Å². The summed E-state index contributed by atoms with van der Waals surface area (Å²) in [6.07, 6.45) is -0.987. The van der Waals surface area contributed by atoms with Crippen LogP contribution in [0.1, 0.15) is 73.6 Å². The lowest BCUT2D eigenvalue weighted by atomic mass is 9.41. The lowest BCUT2D eigenvalue weighted by Crippen LogP contribution is -2.74. The molecule has 2 saturated carbocycles. The molecule has 5 fully saturated rings. The Kier molecular flexibility index (Phi) is 8.26. The van der Waals surface area contributed by atoms with Crippen LogP contribution in [-0.2, 0) is 47.5 Å². The first-order valence-electron chi connectivity index (χ1n) is 15.0. The van der Waals surface area contributed by atoms with E-state index in [1.54, 1.807) is 14.0 Å². The smallest absolute Gasteiger partial charge is 0.309 e. The van der Waals surface area contributed by atoms with Crippen molar-refractivity contribution in [3.05, 3.63) is 0 Å². The molecule has 11 nitrogen and oxygen atoms in total. The lowest BCUT2D eigenvalue weighted by Gasteiger charge is -2.65. The fourth-order valence-corrected chi connectivity index (χ4v) is 8.47. The molecular formula is C30H46O11. The van der Waals surface area contributed by atoms with Crippen LogP contribution in [0.25, 0.3) is 0 Å². The highest BCUT2D eigenvalue weighted by molar-refractivity contribution is 5.72. The molecule has 3 saturated heterocycles. The van der Waals surface area contributed by atoms with Crippen LogP contribution in [-0.4, -0.2) is 85.9 Å². The van der Waals surface area contributed by atoms with Crippen LogP contribution in [0.4, 0.5) is 0 Å². The molecule has 1 N–H and O–H groups in total. The Bertz CT molecular complexity index is 1010. The summed E-state index contributed by atoms with van der Waals surface area (Å²) in [4.78, 5) is 37.8. The van der Waals surface area contributed by atoms with E-state index < -0.39 is 58.9 Å². The maximum Gasteiger partial charge on any atom is 0.309 e. The summed E-state index contributed by atoms with van der Waals surface area (Å²) >= 11 is 0. The Morgan fingerprint density at radius 2 is 1.76 bits per heavy atom. The summed E-state index contributed by atoms with van der Waals surface area (Å²) in [6, 6.07) is 0. The zero-order chi connectivity index (χ0) is 29.9. The average Bonchev–Trinajstić information content (AvgIpc) is 3.45. The highest BCUT2D eigenvalue weighted by atomic mass is 16.8. The number of ether oxygens (including phenoxy) is 7. The minimum atomic E-state index is -1.21. The zero-order valence-corrected chi connectivity index (χ0v) is 25.3. The summed E-state index contributed by atoms with van der Waals surface area (Å²) in [7, 11) is 1.62. The molecule has 0 amide bonds. The second kappa shape index (κ2) is 11.0. The fourth-order valence-electron chi connectivity index (χ4n) is 8.47. The van der Waals surface area contributed by atoms with Gasteiger partial charge in [0.2, 0.25) is 0 Å². The van der Waals surface area contributed by atoms with Crippen molar-refractivity contribution < 1.29 is 52.6 Å². The van der Waals surface area contributed by atoms with Crippen LogP contribution in [0.5, 0.6) is 0 Å². The number of hydrogen-bond acceptors (Lipinski definition) is 11. The molecule has 41 heavy (non-hydrogen) atoms. The molecule has 11 heteroatoms. The molecule has 5 aliphatic rings. The number of fused-ring (bicyclic) bond motifs is 3. The van der Waals surface area contributed by atoms with Gasteiger partial charge in [-0.25, -0.2) is 0 Å². The second-order valence-corrected chi connectivity index (χ2v) is 13.1. The monoisotopic (exact) mass is 582 g/mol. The Morgan fingerprint density at radius 3 is 2.32 bits per heavy atom. The molecule has 2 aliphatic carbocycles. The zero-order valence-electron chi connectivity index (χ0n) is 25.3. The number of hydrogen-bond donors (Lipinski definition) is 1. The molecule has 0 bridgehead atoms. The quantitative estimate of drug-likeness (QED) is 0.257. The Labute approximate surface area is 241 Å². The standard InChI is InChI=1S/C30H46O11/c1-8-15(2)26(34)41-25-20(33)12-21-28(6,22-10-19-11-24(35-7)40-27(19)39-22)16(3)9-23(38-18(5)32)29(21,13-36-17(4)31)30(25)14-37-30/h15-16,19-25,27,33H,8-14H2,1-7H3/t15-,16-,19+,20-,21-,22+,23+,24+,25+,27-,28+,29+,30-/m1/s1. The third kappa shape index (κ3) is 4.80. The minimum Gasteiger partial charge on any atom is -0.465 e. The van der Waals surface area contributed by atoms with E-state index in [1.165, 1.54) is 13.8 Å². The topological polar surface area (TPSA) is 139 Å². The highest BCUT2D eigenvalue weighted by Crippen LogP contribution is 2.70. The van der Waals surface area contributed by atoms with Crippen LogP contribution in [0.15, 0.2) is 0 Å². The molecule has 232 valence electrons. The molecule has 13 atom stereocenters. The first-order valence-corrected chi connectivity index (χ1v) is 15.0. The maximum atomic E-state index is 13.0.